The van der Waals surface area contributed by atoms with Crippen LogP contribution in [0, 0.1) is 12.8 Å². The number of carbonyl (C=O) groups excluding carboxylic acids is 1. The Labute approximate surface area is 154 Å². The molecule has 7 heteroatoms. The summed E-state index contributed by atoms with van der Waals surface area (Å²) in [6.07, 6.45) is 0. The molecule has 0 bridgehead atoms. The highest BCUT2D eigenvalue weighted by molar-refractivity contribution is 7.92. The maximum atomic E-state index is 12.5. The molecular weight excluding hydrogens is 352 g/mol. The predicted molar refractivity (Wildman–Crippen MR) is 102 cm³/mol. The molecule has 2 aromatic rings. The molecule has 2 rings (SSSR count). The maximum Gasteiger partial charge on any atom is 0.261 e. The van der Waals surface area contributed by atoms with Gasteiger partial charge in [-0.3, -0.25) is 9.52 Å². The number of anilines is 1. The van der Waals surface area contributed by atoms with Crippen LogP contribution in [0.3, 0.4) is 0 Å². The highest BCUT2D eigenvalue weighted by Gasteiger charge is 2.16. The van der Waals surface area contributed by atoms with Crippen molar-refractivity contribution in [1.82, 2.24) is 5.32 Å². The summed E-state index contributed by atoms with van der Waals surface area (Å²) in [5.41, 5.74) is 1.59. The highest BCUT2D eigenvalue weighted by atomic mass is 32.2. The number of rotatable bonds is 7. The lowest BCUT2D eigenvalue weighted by Crippen LogP contribution is -2.27. The van der Waals surface area contributed by atoms with Crippen molar-refractivity contribution in [2.75, 3.05) is 18.4 Å². The Bertz CT molecular complexity index is 875. The summed E-state index contributed by atoms with van der Waals surface area (Å²) in [6, 6.07) is 11.0. The van der Waals surface area contributed by atoms with Crippen LogP contribution in [-0.4, -0.2) is 28.0 Å². The van der Waals surface area contributed by atoms with Crippen molar-refractivity contribution in [2.45, 2.75) is 25.7 Å². The predicted octanol–water partition coefficient (Wildman–Crippen LogP) is 3.19. The third-order valence-corrected chi connectivity index (χ3v) is 5.15. The summed E-state index contributed by atoms with van der Waals surface area (Å²) >= 11 is 0. The van der Waals surface area contributed by atoms with Gasteiger partial charge >= 0.3 is 0 Å². The molecule has 26 heavy (non-hydrogen) atoms. The molecule has 0 aliphatic rings. The Morgan fingerprint density at radius 2 is 1.77 bits per heavy atom. The van der Waals surface area contributed by atoms with E-state index in [4.69, 9.17) is 4.74 Å². The van der Waals surface area contributed by atoms with Gasteiger partial charge in [0.15, 0.2) is 0 Å². The number of methoxy groups -OCH3 is 1. The van der Waals surface area contributed by atoms with Gasteiger partial charge in [0.25, 0.3) is 15.9 Å². The molecule has 0 spiro atoms. The van der Waals surface area contributed by atoms with E-state index in [2.05, 4.69) is 10.0 Å². The smallest absolute Gasteiger partial charge is 0.261 e. The van der Waals surface area contributed by atoms with Crippen molar-refractivity contribution >= 4 is 21.6 Å². The van der Waals surface area contributed by atoms with Gasteiger partial charge in [0.1, 0.15) is 5.75 Å². The van der Waals surface area contributed by atoms with Gasteiger partial charge in [0.2, 0.25) is 0 Å². The van der Waals surface area contributed by atoms with Gasteiger partial charge in [0.05, 0.1) is 17.7 Å². The van der Waals surface area contributed by atoms with Crippen LogP contribution < -0.4 is 14.8 Å². The van der Waals surface area contributed by atoms with E-state index in [9.17, 15) is 13.2 Å². The molecule has 0 saturated heterocycles. The molecule has 0 heterocycles. The van der Waals surface area contributed by atoms with Gasteiger partial charge in [-0.05, 0) is 60.9 Å². The third-order valence-electron chi connectivity index (χ3n) is 3.77. The lowest BCUT2D eigenvalue weighted by atomic mass is 10.1. The molecule has 0 atom stereocenters. The van der Waals surface area contributed by atoms with Crippen LogP contribution in [0.4, 0.5) is 5.69 Å². The first-order chi connectivity index (χ1) is 12.2. The summed E-state index contributed by atoms with van der Waals surface area (Å²) in [5.74, 6) is 0.763. The van der Waals surface area contributed by atoms with Crippen LogP contribution in [0.2, 0.25) is 0 Å². The number of hydrogen-bond donors (Lipinski definition) is 2. The van der Waals surface area contributed by atoms with Crippen LogP contribution >= 0.6 is 0 Å². The number of nitrogens with one attached hydrogen (secondary N) is 2. The minimum absolute atomic E-state index is 0.136. The van der Waals surface area contributed by atoms with E-state index in [1.807, 2.05) is 13.8 Å². The Kier molecular flexibility index (Phi) is 6.26. The normalized spacial score (nSPS) is 11.3. The average Bonchev–Trinajstić information content (AvgIpc) is 2.61. The zero-order valence-corrected chi connectivity index (χ0v) is 16.2. The number of amides is 1. The van der Waals surface area contributed by atoms with Gasteiger partial charge in [0, 0.05) is 12.1 Å². The van der Waals surface area contributed by atoms with Crippen LogP contribution in [-0.2, 0) is 10.0 Å². The second kappa shape index (κ2) is 8.23. The molecule has 0 fully saturated rings. The second-order valence-corrected chi connectivity index (χ2v) is 8.10. The highest BCUT2D eigenvalue weighted by Crippen LogP contribution is 2.22. The molecular formula is C19H24N2O4S. The van der Waals surface area contributed by atoms with Gasteiger partial charge in [-0.15, -0.1) is 0 Å². The van der Waals surface area contributed by atoms with Gasteiger partial charge in [-0.25, -0.2) is 8.42 Å². The Morgan fingerprint density at radius 1 is 1.12 bits per heavy atom. The van der Waals surface area contributed by atoms with Crippen LogP contribution in [0.1, 0.15) is 29.8 Å². The number of hydrogen-bond acceptors (Lipinski definition) is 4. The minimum Gasteiger partial charge on any atom is -0.497 e. The van der Waals surface area contributed by atoms with E-state index < -0.39 is 10.0 Å². The Morgan fingerprint density at radius 3 is 2.31 bits per heavy atom. The zero-order valence-electron chi connectivity index (χ0n) is 15.4. The van der Waals surface area contributed by atoms with Crippen LogP contribution in [0.15, 0.2) is 47.4 Å². The fourth-order valence-electron chi connectivity index (χ4n) is 2.28. The number of aryl methyl sites for hydroxylation is 1. The molecule has 2 N–H and O–H groups in total. The number of ether oxygens (including phenoxy) is 1. The van der Waals surface area contributed by atoms with Crippen LogP contribution in [0.5, 0.6) is 5.75 Å². The van der Waals surface area contributed by atoms with Crippen molar-refractivity contribution in [3.05, 3.63) is 53.6 Å². The number of benzene rings is 2. The summed E-state index contributed by atoms with van der Waals surface area (Å²) < 4.78 is 32.6. The fourth-order valence-corrected chi connectivity index (χ4v) is 3.41. The molecule has 0 aliphatic carbocycles. The van der Waals surface area contributed by atoms with Crippen LogP contribution in [0.25, 0.3) is 0 Å². The molecule has 0 aliphatic heterocycles. The SMILES string of the molecule is COc1ccc(S(=O)(=O)Nc2ccc(C(=O)NCC(C)C)cc2C)cc1. The van der Waals surface area contributed by atoms with Crippen molar-refractivity contribution in [3.63, 3.8) is 0 Å². The largest absolute Gasteiger partial charge is 0.497 e. The molecule has 0 radical (unpaired) electrons. The van der Waals surface area contributed by atoms with E-state index in [0.29, 0.717) is 35.0 Å². The maximum absolute atomic E-state index is 12.5. The minimum atomic E-state index is -3.72. The van der Waals surface area contributed by atoms with E-state index in [-0.39, 0.29) is 10.8 Å². The lowest BCUT2D eigenvalue weighted by molar-refractivity contribution is 0.0949. The molecule has 6 nitrogen and oxygen atoms in total. The van der Waals surface area contributed by atoms with E-state index in [1.54, 1.807) is 37.3 Å². The monoisotopic (exact) mass is 376 g/mol. The molecule has 140 valence electrons. The quantitative estimate of drug-likeness (QED) is 0.777. The first kappa shape index (κ1) is 19.8. The summed E-state index contributed by atoms with van der Waals surface area (Å²) in [5, 5.41) is 2.84. The first-order valence-electron chi connectivity index (χ1n) is 8.28. The van der Waals surface area contributed by atoms with Gasteiger partial charge in [-0.1, -0.05) is 13.8 Å². The lowest BCUT2D eigenvalue weighted by Gasteiger charge is -2.13. The molecule has 0 aromatic heterocycles. The average molecular weight is 376 g/mol. The van der Waals surface area contributed by atoms with Crippen molar-refractivity contribution in [1.29, 1.82) is 0 Å². The molecule has 1 amide bonds. The standard InChI is InChI=1S/C19H24N2O4S/c1-13(2)12-20-19(22)15-5-10-18(14(3)11-15)21-26(23,24)17-8-6-16(25-4)7-9-17/h5-11,13,21H,12H2,1-4H3,(H,20,22). The number of carbonyl (C=O) groups is 1. The van der Waals surface area contributed by atoms with E-state index in [0.717, 1.165) is 0 Å². The van der Waals surface area contributed by atoms with Crippen molar-refractivity contribution in [3.8, 4) is 5.75 Å². The van der Waals surface area contributed by atoms with Gasteiger partial charge in [-0.2, -0.15) is 0 Å². The topological polar surface area (TPSA) is 84.5 Å². The molecule has 0 unspecified atom stereocenters. The fraction of sp³-hybridized carbons (Fsp3) is 0.316. The Balaban J connectivity index is 2.17. The number of sulfonamides is 1. The first-order valence-corrected chi connectivity index (χ1v) is 9.77. The van der Waals surface area contributed by atoms with E-state index in [1.165, 1.54) is 19.2 Å². The second-order valence-electron chi connectivity index (χ2n) is 6.41. The Hall–Kier alpha value is -2.54. The molecule has 0 saturated carbocycles. The summed E-state index contributed by atoms with van der Waals surface area (Å²) in [6.45, 7) is 6.37. The summed E-state index contributed by atoms with van der Waals surface area (Å²) in [4.78, 5) is 12.3. The third kappa shape index (κ3) is 4.98. The van der Waals surface area contributed by atoms with Crippen molar-refractivity contribution < 1.29 is 17.9 Å². The van der Waals surface area contributed by atoms with Crippen molar-refractivity contribution in [2.24, 2.45) is 5.92 Å². The zero-order chi connectivity index (χ0) is 19.3. The van der Waals surface area contributed by atoms with Gasteiger partial charge < -0.3 is 10.1 Å². The molecule has 2 aromatic carbocycles. The van der Waals surface area contributed by atoms with E-state index >= 15 is 0 Å². The summed E-state index contributed by atoms with van der Waals surface area (Å²) in [7, 11) is -2.20.